The van der Waals surface area contributed by atoms with Gasteiger partial charge in [-0.05, 0) is 29.5 Å². The number of nitrogens with one attached hydrogen (secondary N) is 1. The fourth-order valence-corrected chi connectivity index (χ4v) is 3.21. The third-order valence-electron chi connectivity index (χ3n) is 3.27. The quantitative estimate of drug-likeness (QED) is 0.796. The summed E-state index contributed by atoms with van der Waals surface area (Å²) in [6.07, 6.45) is 0. The van der Waals surface area contributed by atoms with E-state index in [-0.39, 0.29) is 17.8 Å². The van der Waals surface area contributed by atoms with Crippen LogP contribution in [0, 0.1) is 17.7 Å². The maximum atomic E-state index is 13.6. The number of carbonyl (C=O) groups is 1. The number of thioether (sulfide) groups is 1. The number of hydrogen-bond donors (Lipinski definition) is 1. The largest absolute Gasteiger partial charge is 0.352 e. The predicted molar refractivity (Wildman–Crippen MR) is 89.2 cm³/mol. The Hall–Kier alpha value is -0.740. The van der Waals surface area contributed by atoms with Crippen LogP contribution in [0.4, 0.5) is 4.39 Å². The van der Waals surface area contributed by atoms with Crippen molar-refractivity contribution in [3.8, 4) is 0 Å². The Morgan fingerprint density at radius 2 is 1.90 bits per heavy atom. The van der Waals surface area contributed by atoms with E-state index in [1.165, 1.54) is 17.8 Å². The standard InChI is InChI=1S/C16H23ClFNOS/c1-10(2)16(11(3)4)19-15(20)9-21-8-12-5-6-13(17)7-14(12)18/h5-7,10-11,16H,8-9H2,1-4H3,(H,19,20). The van der Waals surface area contributed by atoms with E-state index >= 15 is 0 Å². The lowest BCUT2D eigenvalue weighted by Crippen LogP contribution is -2.43. The number of benzene rings is 1. The smallest absolute Gasteiger partial charge is 0.230 e. The second-order valence-corrected chi connectivity index (χ2v) is 7.23. The minimum atomic E-state index is -0.322. The molecule has 1 aromatic carbocycles. The summed E-state index contributed by atoms with van der Waals surface area (Å²) >= 11 is 7.11. The molecule has 1 rings (SSSR count). The molecular formula is C16H23ClFNOS. The zero-order valence-corrected chi connectivity index (χ0v) is 14.5. The van der Waals surface area contributed by atoms with Gasteiger partial charge in [0.15, 0.2) is 0 Å². The van der Waals surface area contributed by atoms with E-state index in [2.05, 4.69) is 33.0 Å². The summed E-state index contributed by atoms with van der Waals surface area (Å²) in [5.74, 6) is 1.27. The molecule has 0 saturated heterocycles. The fourth-order valence-electron chi connectivity index (χ4n) is 2.22. The Morgan fingerprint density at radius 3 is 2.43 bits per heavy atom. The lowest BCUT2D eigenvalue weighted by Gasteiger charge is -2.26. The molecule has 0 atom stereocenters. The monoisotopic (exact) mass is 331 g/mol. The summed E-state index contributed by atoms with van der Waals surface area (Å²) in [5, 5.41) is 3.44. The van der Waals surface area contributed by atoms with Gasteiger partial charge in [-0.2, -0.15) is 0 Å². The van der Waals surface area contributed by atoms with Crippen molar-refractivity contribution in [1.82, 2.24) is 5.32 Å². The average Bonchev–Trinajstić information content (AvgIpc) is 2.37. The van der Waals surface area contributed by atoms with Gasteiger partial charge in [-0.15, -0.1) is 11.8 Å². The highest BCUT2D eigenvalue weighted by Crippen LogP contribution is 2.19. The molecule has 0 spiro atoms. The van der Waals surface area contributed by atoms with Crippen LogP contribution < -0.4 is 5.32 Å². The highest BCUT2D eigenvalue weighted by atomic mass is 35.5. The van der Waals surface area contributed by atoms with Crippen molar-refractivity contribution < 1.29 is 9.18 Å². The van der Waals surface area contributed by atoms with Crippen molar-refractivity contribution in [3.63, 3.8) is 0 Å². The summed E-state index contributed by atoms with van der Waals surface area (Å²) in [7, 11) is 0. The number of halogens is 2. The molecule has 0 fully saturated rings. The lowest BCUT2D eigenvalue weighted by molar-refractivity contribution is -0.119. The number of carbonyl (C=O) groups excluding carboxylic acids is 1. The Labute approximate surface area is 135 Å². The van der Waals surface area contributed by atoms with Gasteiger partial charge in [0.2, 0.25) is 5.91 Å². The third-order valence-corrected chi connectivity index (χ3v) is 4.49. The molecule has 2 nitrogen and oxygen atoms in total. The topological polar surface area (TPSA) is 29.1 Å². The molecule has 0 aliphatic carbocycles. The van der Waals surface area contributed by atoms with Gasteiger partial charge in [-0.1, -0.05) is 45.4 Å². The Morgan fingerprint density at radius 1 is 1.29 bits per heavy atom. The molecule has 1 N–H and O–H groups in total. The fraction of sp³-hybridized carbons (Fsp3) is 0.562. The second-order valence-electron chi connectivity index (χ2n) is 5.81. The van der Waals surface area contributed by atoms with E-state index in [1.807, 2.05) is 0 Å². The van der Waals surface area contributed by atoms with Gasteiger partial charge < -0.3 is 5.32 Å². The van der Waals surface area contributed by atoms with Crippen LogP contribution in [0.25, 0.3) is 0 Å². The number of rotatable bonds is 7. The first kappa shape index (κ1) is 18.3. The van der Waals surface area contributed by atoms with Gasteiger partial charge in [0, 0.05) is 16.8 Å². The molecule has 0 unspecified atom stereocenters. The minimum absolute atomic E-state index is 0.00164. The molecule has 21 heavy (non-hydrogen) atoms. The summed E-state index contributed by atoms with van der Waals surface area (Å²) in [5.41, 5.74) is 0.571. The van der Waals surface area contributed by atoms with Crippen LogP contribution in [0.3, 0.4) is 0 Å². The third kappa shape index (κ3) is 6.27. The van der Waals surface area contributed by atoms with Crippen molar-refractivity contribution in [2.75, 3.05) is 5.75 Å². The van der Waals surface area contributed by atoms with Crippen molar-refractivity contribution >= 4 is 29.3 Å². The molecule has 0 radical (unpaired) electrons. The van der Waals surface area contributed by atoms with Gasteiger partial charge in [-0.25, -0.2) is 4.39 Å². The van der Waals surface area contributed by atoms with E-state index in [4.69, 9.17) is 11.6 Å². The molecule has 5 heteroatoms. The van der Waals surface area contributed by atoms with Gasteiger partial charge in [0.05, 0.1) is 5.75 Å². The van der Waals surface area contributed by atoms with E-state index < -0.39 is 0 Å². The Balaban J connectivity index is 2.43. The lowest BCUT2D eigenvalue weighted by atomic mass is 9.93. The van der Waals surface area contributed by atoms with Gasteiger partial charge in [0.25, 0.3) is 0 Å². The van der Waals surface area contributed by atoms with Crippen LogP contribution >= 0.6 is 23.4 Å². The van der Waals surface area contributed by atoms with Crippen LogP contribution in [0.2, 0.25) is 5.02 Å². The van der Waals surface area contributed by atoms with Crippen LogP contribution in [0.15, 0.2) is 18.2 Å². The second kappa shape index (κ2) is 8.64. The Bertz CT molecular complexity index is 471. The van der Waals surface area contributed by atoms with Gasteiger partial charge in [0.1, 0.15) is 5.82 Å². The molecule has 0 bridgehead atoms. The van der Waals surface area contributed by atoms with Crippen LogP contribution in [0.1, 0.15) is 33.3 Å². The summed E-state index contributed by atoms with van der Waals surface area (Å²) in [6.45, 7) is 8.39. The molecular weight excluding hydrogens is 309 g/mol. The van der Waals surface area contributed by atoms with E-state index in [0.717, 1.165) is 0 Å². The van der Waals surface area contributed by atoms with Crippen molar-refractivity contribution in [2.45, 2.75) is 39.5 Å². The van der Waals surface area contributed by atoms with Crippen molar-refractivity contribution in [3.05, 3.63) is 34.6 Å². The van der Waals surface area contributed by atoms with Gasteiger partial charge >= 0.3 is 0 Å². The van der Waals surface area contributed by atoms with Crippen molar-refractivity contribution in [2.24, 2.45) is 11.8 Å². The molecule has 118 valence electrons. The van der Waals surface area contributed by atoms with Crippen LogP contribution in [0.5, 0.6) is 0 Å². The Kier molecular flexibility index (Phi) is 7.53. The first-order valence-corrected chi connectivity index (χ1v) is 8.65. The predicted octanol–water partition coefficient (Wildman–Crippen LogP) is 4.51. The molecule has 0 heterocycles. The molecule has 0 aliphatic rings. The summed E-state index contributed by atoms with van der Waals surface area (Å²) in [4.78, 5) is 11.9. The normalized spacial score (nSPS) is 11.5. The van der Waals surface area contributed by atoms with Gasteiger partial charge in [-0.3, -0.25) is 4.79 Å². The molecule has 0 aliphatic heterocycles. The number of hydrogen-bond acceptors (Lipinski definition) is 2. The zero-order chi connectivity index (χ0) is 16.0. The average molecular weight is 332 g/mol. The van der Waals surface area contributed by atoms with E-state index in [0.29, 0.717) is 33.9 Å². The molecule has 1 aromatic rings. The minimum Gasteiger partial charge on any atom is -0.352 e. The summed E-state index contributed by atoms with van der Waals surface area (Å²) < 4.78 is 13.6. The SMILES string of the molecule is CC(C)C(NC(=O)CSCc1ccc(Cl)cc1F)C(C)C. The highest BCUT2D eigenvalue weighted by molar-refractivity contribution is 7.99. The van der Waals surface area contributed by atoms with Crippen molar-refractivity contribution in [1.29, 1.82) is 0 Å². The van der Waals surface area contributed by atoms with E-state index in [9.17, 15) is 9.18 Å². The van der Waals surface area contributed by atoms with E-state index in [1.54, 1.807) is 12.1 Å². The summed E-state index contributed by atoms with van der Waals surface area (Å²) in [6, 6.07) is 4.79. The highest BCUT2D eigenvalue weighted by Gasteiger charge is 2.19. The number of amides is 1. The maximum Gasteiger partial charge on any atom is 0.230 e. The molecule has 1 amide bonds. The van der Waals surface area contributed by atoms with Crippen LogP contribution in [-0.4, -0.2) is 17.7 Å². The molecule has 0 aromatic heterocycles. The molecule has 0 saturated carbocycles. The zero-order valence-electron chi connectivity index (χ0n) is 13.0. The van der Waals surface area contributed by atoms with Crippen LogP contribution in [-0.2, 0) is 10.5 Å². The first-order valence-electron chi connectivity index (χ1n) is 7.12. The first-order chi connectivity index (χ1) is 9.81. The maximum absolute atomic E-state index is 13.6.